The van der Waals surface area contributed by atoms with Crippen molar-refractivity contribution in [2.24, 2.45) is 0 Å². The summed E-state index contributed by atoms with van der Waals surface area (Å²) < 4.78 is 85.9. The van der Waals surface area contributed by atoms with Crippen LogP contribution in [-0.4, -0.2) is 18.7 Å². The molecule has 0 unspecified atom stereocenters. The van der Waals surface area contributed by atoms with Gasteiger partial charge in [0.1, 0.15) is 17.3 Å². The van der Waals surface area contributed by atoms with Crippen molar-refractivity contribution in [2.45, 2.75) is 12.7 Å². The quantitative estimate of drug-likeness (QED) is 0.490. The lowest BCUT2D eigenvalue weighted by molar-refractivity contribution is -0.275. The first-order chi connectivity index (χ1) is 13.5. The van der Waals surface area contributed by atoms with Crippen LogP contribution in [0.2, 0.25) is 0 Å². The van der Waals surface area contributed by atoms with Gasteiger partial charge in [-0.15, -0.1) is 26.3 Å². The van der Waals surface area contributed by atoms with E-state index in [0.717, 1.165) is 30.3 Å². The zero-order valence-electron chi connectivity index (χ0n) is 14.2. The summed E-state index contributed by atoms with van der Waals surface area (Å²) in [4.78, 5) is 11.6. The first-order valence-electron chi connectivity index (χ1n) is 7.86. The first-order valence-corrected chi connectivity index (χ1v) is 7.86. The minimum atomic E-state index is -4.83. The van der Waals surface area contributed by atoms with Crippen LogP contribution in [0.1, 0.15) is 11.1 Å². The van der Waals surface area contributed by atoms with Gasteiger partial charge in [0, 0.05) is 11.6 Å². The van der Waals surface area contributed by atoms with E-state index in [1.54, 1.807) is 0 Å². The molecule has 0 N–H and O–H groups in total. The molecule has 0 atom stereocenters. The van der Waals surface area contributed by atoms with Gasteiger partial charge in [-0.3, -0.25) is 0 Å². The van der Waals surface area contributed by atoms with Gasteiger partial charge >= 0.3 is 18.7 Å². The van der Waals surface area contributed by atoms with E-state index in [4.69, 9.17) is 4.74 Å². The number of hydrogen-bond acceptors (Lipinski definition) is 4. The van der Waals surface area contributed by atoms with Gasteiger partial charge < -0.3 is 14.2 Å². The molecule has 152 valence electrons. The highest BCUT2D eigenvalue weighted by molar-refractivity contribution is 6.03. The van der Waals surface area contributed by atoms with Crippen molar-refractivity contribution < 1.29 is 45.3 Å². The lowest BCUT2D eigenvalue weighted by Crippen LogP contribution is -2.17. The molecule has 1 aliphatic rings. The van der Waals surface area contributed by atoms with Gasteiger partial charge in [0.25, 0.3) is 0 Å². The van der Waals surface area contributed by atoms with Crippen LogP contribution in [0, 0.1) is 0 Å². The highest BCUT2D eigenvalue weighted by Gasteiger charge is 2.32. The predicted molar refractivity (Wildman–Crippen MR) is 88.3 cm³/mol. The third kappa shape index (κ3) is 5.77. The lowest BCUT2D eigenvalue weighted by Gasteiger charge is -2.10. The molecule has 2 aromatic carbocycles. The molecule has 0 amide bonds. The Balaban J connectivity index is 1.81. The zero-order chi connectivity index (χ0) is 21.2. The number of cyclic esters (lactones) is 1. The molecule has 1 aliphatic heterocycles. The van der Waals surface area contributed by atoms with Crippen LogP contribution in [0.4, 0.5) is 26.3 Å². The van der Waals surface area contributed by atoms with Crippen molar-refractivity contribution >= 4 is 17.6 Å². The third-order valence-electron chi connectivity index (χ3n) is 3.55. The first kappa shape index (κ1) is 20.3. The highest BCUT2D eigenvalue weighted by atomic mass is 19.4. The molecule has 0 saturated carbocycles. The Morgan fingerprint density at radius 3 is 1.72 bits per heavy atom. The van der Waals surface area contributed by atoms with Crippen LogP contribution in [0.5, 0.6) is 11.5 Å². The molecular weight excluding hydrogens is 406 g/mol. The number of hydrogen-bond donors (Lipinski definition) is 0. The van der Waals surface area contributed by atoms with Crippen LogP contribution in [0.25, 0.3) is 11.6 Å². The Labute approximate surface area is 159 Å². The van der Waals surface area contributed by atoms with Gasteiger partial charge in [-0.2, -0.15) is 0 Å². The van der Waals surface area contributed by atoms with E-state index >= 15 is 0 Å². The summed E-state index contributed by atoms with van der Waals surface area (Å²) in [6.07, 6.45) is -7.11. The van der Waals surface area contributed by atoms with Gasteiger partial charge in [0.05, 0.1) is 0 Å². The fraction of sp³-hybridized carbons (Fsp3) is 0.105. The number of carbonyl (C=O) groups excluding carboxylic acids is 1. The van der Waals surface area contributed by atoms with Crippen molar-refractivity contribution in [2.75, 3.05) is 0 Å². The van der Waals surface area contributed by atoms with Crippen LogP contribution >= 0.6 is 0 Å². The number of allylic oxidation sites excluding steroid dienone is 1. The standard InChI is InChI=1S/C19H10F6O4/c20-18(21,22)28-13-5-1-11(2-6-13)9-16-15(10-17(26)27-16)12-3-7-14(8-4-12)29-19(23,24)25/h1-10H/b16-9-. The number of ether oxygens (including phenoxy) is 3. The molecule has 0 aliphatic carbocycles. The summed E-state index contributed by atoms with van der Waals surface area (Å²) in [5.41, 5.74) is 1.09. The molecule has 0 spiro atoms. The summed E-state index contributed by atoms with van der Waals surface area (Å²) in [5, 5.41) is 0. The molecule has 4 nitrogen and oxygen atoms in total. The van der Waals surface area contributed by atoms with Crippen molar-refractivity contribution in [1.29, 1.82) is 0 Å². The van der Waals surface area contributed by atoms with Crippen LogP contribution in [-0.2, 0) is 9.53 Å². The molecule has 0 radical (unpaired) electrons. The second-order valence-electron chi connectivity index (χ2n) is 5.68. The third-order valence-corrected chi connectivity index (χ3v) is 3.55. The number of carbonyl (C=O) groups is 1. The maximum atomic E-state index is 12.2. The number of halogens is 6. The fourth-order valence-corrected chi connectivity index (χ4v) is 2.47. The maximum Gasteiger partial charge on any atom is 0.573 e. The molecular formula is C19H10F6O4. The lowest BCUT2D eigenvalue weighted by atomic mass is 10.0. The van der Waals surface area contributed by atoms with Gasteiger partial charge in [-0.25, -0.2) is 4.79 Å². The highest BCUT2D eigenvalue weighted by Crippen LogP contribution is 2.33. The van der Waals surface area contributed by atoms with E-state index in [1.165, 1.54) is 30.3 Å². The van der Waals surface area contributed by atoms with Gasteiger partial charge in [0.15, 0.2) is 0 Å². The minimum Gasteiger partial charge on any atom is -0.423 e. The van der Waals surface area contributed by atoms with E-state index in [2.05, 4.69) is 9.47 Å². The molecule has 0 bridgehead atoms. The summed E-state index contributed by atoms with van der Waals surface area (Å²) in [5.74, 6) is -1.46. The number of esters is 1. The normalized spacial score (nSPS) is 15.9. The SMILES string of the molecule is O=C1C=C(c2ccc(OC(F)(F)F)cc2)/C(=C/c2ccc(OC(F)(F)F)cc2)O1. The number of benzene rings is 2. The van der Waals surface area contributed by atoms with E-state index < -0.39 is 30.2 Å². The summed E-state index contributed by atoms with van der Waals surface area (Å²) in [6.45, 7) is 0. The van der Waals surface area contributed by atoms with Gasteiger partial charge in [-0.05, 0) is 41.5 Å². The second kappa shape index (κ2) is 7.53. The van der Waals surface area contributed by atoms with Crippen molar-refractivity contribution in [3.05, 3.63) is 71.5 Å². The number of rotatable bonds is 4. The van der Waals surface area contributed by atoms with E-state index in [-0.39, 0.29) is 5.76 Å². The maximum absolute atomic E-state index is 12.2. The van der Waals surface area contributed by atoms with E-state index in [0.29, 0.717) is 16.7 Å². The smallest absolute Gasteiger partial charge is 0.423 e. The fourth-order valence-electron chi connectivity index (χ4n) is 2.47. The Bertz CT molecular complexity index is 954. The van der Waals surface area contributed by atoms with Gasteiger partial charge in [-0.1, -0.05) is 24.3 Å². The van der Waals surface area contributed by atoms with E-state index in [1.807, 2.05) is 0 Å². The molecule has 10 heteroatoms. The van der Waals surface area contributed by atoms with E-state index in [9.17, 15) is 31.1 Å². The van der Waals surface area contributed by atoms with Crippen molar-refractivity contribution in [1.82, 2.24) is 0 Å². The largest absolute Gasteiger partial charge is 0.573 e. The molecule has 0 aromatic heterocycles. The van der Waals surface area contributed by atoms with Crippen LogP contribution < -0.4 is 9.47 Å². The minimum absolute atomic E-state index is 0.0870. The zero-order valence-corrected chi connectivity index (χ0v) is 14.2. The van der Waals surface area contributed by atoms with Crippen molar-refractivity contribution in [3.63, 3.8) is 0 Å². The summed E-state index contributed by atoms with van der Waals surface area (Å²) in [7, 11) is 0. The average Bonchev–Trinajstić information content (AvgIpc) is 2.95. The Kier molecular flexibility index (Phi) is 5.27. The molecule has 29 heavy (non-hydrogen) atoms. The van der Waals surface area contributed by atoms with Crippen molar-refractivity contribution in [3.8, 4) is 11.5 Å². The number of alkyl halides is 6. The Morgan fingerprint density at radius 2 is 1.24 bits per heavy atom. The molecule has 3 rings (SSSR count). The predicted octanol–water partition coefficient (Wildman–Crippen LogP) is 5.47. The summed E-state index contributed by atoms with van der Waals surface area (Å²) >= 11 is 0. The van der Waals surface area contributed by atoms with Gasteiger partial charge in [0.2, 0.25) is 0 Å². The molecule has 0 fully saturated rings. The van der Waals surface area contributed by atoms with Crippen LogP contribution in [0.3, 0.4) is 0 Å². The molecule has 2 aromatic rings. The molecule has 1 heterocycles. The van der Waals surface area contributed by atoms with Crippen LogP contribution in [0.15, 0.2) is 60.4 Å². The second-order valence-corrected chi connectivity index (χ2v) is 5.68. The Hall–Kier alpha value is -3.43. The topological polar surface area (TPSA) is 44.8 Å². The monoisotopic (exact) mass is 416 g/mol. The molecule has 0 saturated heterocycles. The average molecular weight is 416 g/mol. The summed E-state index contributed by atoms with van der Waals surface area (Å²) in [6, 6.07) is 9.58. The Morgan fingerprint density at radius 1 is 0.759 bits per heavy atom.